The van der Waals surface area contributed by atoms with Gasteiger partial charge in [-0.15, -0.1) is 0 Å². The first-order valence-corrected chi connectivity index (χ1v) is 2.83. The molecule has 0 saturated carbocycles. The highest BCUT2D eigenvalue weighted by atomic mass is 14.6. The number of rotatable bonds is 2. The van der Waals surface area contributed by atoms with Gasteiger partial charge in [0.25, 0.3) is 0 Å². The second-order valence-corrected chi connectivity index (χ2v) is 1.64. The fourth-order valence-electron chi connectivity index (χ4n) is 0.372. The van der Waals surface area contributed by atoms with Gasteiger partial charge in [0.2, 0.25) is 0 Å². The third-order valence-electron chi connectivity index (χ3n) is 0.960. The van der Waals surface area contributed by atoms with Crippen molar-refractivity contribution in [3.05, 3.63) is 23.9 Å². The Morgan fingerprint density at radius 3 is 2.50 bits per heavy atom. The van der Waals surface area contributed by atoms with E-state index in [4.69, 9.17) is 5.73 Å². The quantitative estimate of drug-likeness (QED) is 0.540. The molecule has 0 aliphatic carbocycles. The molecule has 0 aromatic rings. The largest absolute Gasteiger partial charge is 0.402 e. The molecule has 0 heterocycles. The Kier molecular flexibility index (Phi) is 4.04. The van der Waals surface area contributed by atoms with E-state index in [1.165, 1.54) is 0 Å². The van der Waals surface area contributed by atoms with Crippen molar-refractivity contribution in [1.82, 2.24) is 0 Å². The molecular weight excluding hydrogens is 98.1 g/mol. The summed E-state index contributed by atoms with van der Waals surface area (Å²) >= 11 is 0. The minimum absolute atomic E-state index is 0.882. The Bertz CT molecular complexity index is 101. The van der Waals surface area contributed by atoms with Gasteiger partial charge in [0, 0.05) is 12.1 Å². The zero-order valence-corrected chi connectivity index (χ0v) is 5.52. The van der Waals surface area contributed by atoms with Crippen molar-refractivity contribution in [2.45, 2.75) is 20.3 Å². The van der Waals surface area contributed by atoms with Gasteiger partial charge in [-0.25, -0.2) is 0 Å². The Balaban J connectivity index is 3.40. The van der Waals surface area contributed by atoms with E-state index in [1.807, 2.05) is 32.1 Å². The molecule has 0 bridgehead atoms. The highest BCUT2D eigenvalue weighted by molar-refractivity contribution is 5.00. The summed E-state index contributed by atoms with van der Waals surface area (Å²) < 4.78 is 0. The van der Waals surface area contributed by atoms with Crippen LogP contribution in [0.1, 0.15) is 20.3 Å². The molecule has 0 atom stereocenters. The summed E-state index contributed by atoms with van der Waals surface area (Å²) in [5.74, 6) is 0. The molecule has 0 aromatic heterocycles. The molecule has 0 saturated heterocycles. The highest BCUT2D eigenvalue weighted by Gasteiger charge is 1.78. The maximum atomic E-state index is 5.47. The van der Waals surface area contributed by atoms with E-state index in [-0.39, 0.29) is 0 Å². The normalized spacial score (nSPS) is 13.0. The van der Waals surface area contributed by atoms with Gasteiger partial charge in [0.05, 0.1) is 0 Å². The summed E-state index contributed by atoms with van der Waals surface area (Å²) in [7, 11) is 0. The lowest BCUT2D eigenvalue weighted by molar-refractivity contribution is 1.15. The van der Waals surface area contributed by atoms with Gasteiger partial charge in [-0.1, -0.05) is 18.2 Å². The van der Waals surface area contributed by atoms with E-state index < -0.39 is 0 Å². The van der Waals surface area contributed by atoms with Crippen LogP contribution in [0, 0.1) is 0 Å². The summed E-state index contributed by atoms with van der Waals surface area (Å²) in [4.78, 5) is 0. The highest BCUT2D eigenvalue weighted by Crippen LogP contribution is 1.91. The Morgan fingerprint density at radius 2 is 2.12 bits per heavy atom. The topological polar surface area (TPSA) is 26.0 Å². The van der Waals surface area contributed by atoms with Crippen LogP contribution < -0.4 is 5.73 Å². The summed E-state index contributed by atoms with van der Waals surface area (Å²) in [5, 5.41) is 0. The third kappa shape index (κ3) is 3.47. The molecule has 1 nitrogen and oxygen atoms in total. The van der Waals surface area contributed by atoms with E-state index in [0.717, 1.165) is 12.1 Å². The lowest BCUT2D eigenvalue weighted by Crippen LogP contribution is -1.92. The second kappa shape index (κ2) is 4.44. The molecule has 0 spiro atoms. The van der Waals surface area contributed by atoms with E-state index in [2.05, 4.69) is 0 Å². The van der Waals surface area contributed by atoms with Crippen LogP contribution in [-0.2, 0) is 0 Å². The molecular formula is C7H13N. The maximum Gasteiger partial charge on any atom is 0.00754 e. The van der Waals surface area contributed by atoms with Crippen molar-refractivity contribution in [2.24, 2.45) is 5.73 Å². The summed E-state index contributed by atoms with van der Waals surface area (Å²) in [6.07, 6.45) is 6.83. The fraction of sp³-hybridized carbons (Fsp3) is 0.429. The summed E-state index contributed by atoms with van der Waals surface area (Å²) in [6.45, 7) is 3.93. The Morgan fingerprint density at radius 1 is 1.50 bits per heavy atom. The van der Waals surface area contributed by atoms with Crippen LogP contribution in [0.2, 0.25) is 0 Å². The Labute approximate surface area is 50.9 Å². The zero-order valence-electron chi connectivity index (χ0n) is 5.52. The van der Waals surface area contributed by atoms with Gasteiger partial charge in [-0.2, -0.15) is 0 Å². The monoisotopic (exact) mass is 111 g/mol. The predicted octanol–water partition coefficient (Wildman–Crippen LogP) is 1.82. The second-order valence-electron chi connectivity index (χ2n) is 1.64. The number of hydrogen-bond acceptors (Lipinski definition) is 1. The first-order valence-electron chi connectivity index (χ1n) is 2.83. The van der Waals surface area contributed by atoms with Crippen LogP contribution in [0.5, 0.6) is 0 Å². The molecule has 1 heteroatoms. The number of allylic oxidation sites excluding steroid dienone is 3. The molecule has 0 aliphatic heterocycles. The Hall–Kier alpha value is -0.720. The molecule has 0 aromatic carbocycles. The van der Waals surface area contributed by atoms with Crippen molar-refractivity contribution in [1.29, 1.82) is 0 Å². The van der Waals surface area contributed by atoms with Gasteiger partial charge in [-0.3, -0.25) is 0 Å². The zero-order chi connectivity index (χ0) is 6.41. The lowest BCUT2D eigenvalue weighted by atomic mass is 10.3. The lowest BCUT2D eigenvalue weighted by Gasteiger charge is -1.89. The molecule has 0 fully saturated rings. The first kappa shape index (κ1) is 7.28. The van der Waals surface area contributed by atoms with Gasteiger partial charge in [0.15, 0.2) is 0 Å². The van der Waals surface area contributed by atoms with Crippen LogP contribution >= 0.6 is 0 Å². The van der Waals surface area contributed by atoms with Gasteiger partial charge >= 0.3 is 0 Å². The van der Waals surface area contributed by atoms with E-state index in [1.54, 1.807) is 0 Å². The van der Waals surface area contributed by atoms with E-state index in [0.29, 0.717) is 0 Å². The molecule has 0 radical (unpaired) electrons. The van der Waals surface area contributed by atoms with E-state index >= 15 is 0 Å². The average molecular weight is 111 g/mol. The predicted molar refractivity (Wildman–Crippen MR) is 37.4 cm³/mol. The maximum absolute atomic E-state index is 5.47. The molecule has 0 amide bonds. The standard InChI is InChI=1S/C7H13N/c1-3-5-6-7(8)4-2/h3-5H,6,8H2,1-2H3/b5-3-,7-4-. The van der Waals surface area contributed by atoms with Gasteiger partial charge in [0.1, 0.15) is 0 Å². The van der Waals surface area contributed by atoms with E-state index in [9.17, 15) is 0 Å². The molecule has 0 unspecified atom stereocenters. The van der Waals surface area contributed by atoms with Crippen molar-refractivity contribution in [2.75, 3.05) is 0 Å². The molecule has 2 N–H and O–H groups in total. The molecule has 0 aliphatic rings. The molecule has 46 valence electrons. The first-order chi connectivity index (χ1) is 3.81. The van der Waals surface area contributed by atoms with Gasteiger partial charge in [-0.05, 0) is 13.8 Å². The number of nitrogens with two attached hydrogens (primary N) is 1. The SMILES string of the molecule is C/C=C\C/C(N)=C/C. The van der Waals surface area contributed by atoms with Crippen LogP contribution in [0.3, 0.4) is 0 Å². The van der Waals surface area contributed by atoms with Gasteiger partial charge < -0.3 is 5.73 Å². The summed E-state index contributed by atoms with van der Waals surface area (Å²) in [5.41, 5.74) is 6.40. The van der Waals surface area contributed by atoms with Crippen molar-refractivity contribution >= 4 is 0 Å². The van der Waals surface area contributed by atoms with Crippen LogP contribution in [0.25, 0.3) is 0 Å². The van der Waals surface area contributed by atoms with Crippen molar-refractivity contribution in [3.63, 3.8) is 0 Å². The van der Waals surface area contributed by atoms with Crippen LogP contribution in [0.4, 0.5) is 0 Å². The fourth-order valence-corrected chi connectivity index (χ4v) is 0.372. The van der Waals surface area contributed by atoms with Crippen LogP contribution in [0.15, 0.2) is 23.9 Å². The smallest absolute Gasteiger partial charge is 0.00754 e. The average Bonchev–Trinajstić information content (AvgIpc) is 1.83. The third-order valence-corrected chi connectivity index (χ3v) is 0.960. The van der Waals surface area contributed by atoms with Crippen molar-refractivity contribution in [3.8, 4) is 0 Å². The molecule has 0 rings (SSSR count). The number of hydrogen-bond donors (Lipinski definition) is 1. The minimum Gasteiger partial charge on any atom is -0.402 e. The van der Waals surface area contributed by atoms with Crippen molar-refractivity contribution < 1.29 is 0 Å². The minimum atomic E-state index is 0.882. The summed E-state index contributed by atoms with van der Waals surface area (Å²) in [6, 6.07) is 0. The van der Waals surface area contributed by atoms with Crippen LogP contribution in [-0.4, -0.2) is 0 Å². The molecule has 8 heavy (non-hydrogen) atoms.